The number of hydrogen-bond donors (Lipinski definition) is 2. The van der Waals surface area contributed by atoms with Crippen LogP contribution in [0.2, 0.25) is 0 Å². The lowest BCUT2D eigenvalue weighted by Gasteiger charge is -2.32. The van der Waals surface area contributed by atoms with E-state index in [0.717, 1.165) is 56.9 Å². The van der Waals surface area contributed by atoms with Crippen molar-refractivity contribution in [1.82, 2.24) is 15.1 Å². The number of piperidine rings is 1. The van der Waals surface area contributed by atoms with E-state index >= 15 is 0 Å². The van der Waals surface area contributed by atoms with Crippen LogP contribution in [0, 0.1) is 5.92 Å². The molecule has 2 aromatic rings. The number of anilines is 1. The average Bonchev–Trinajstić information content (AvgIpc) is 2.84. The van der Waals surface area contributed by atoms with Crippen LogP contribution in [0.4, 0.5) is 10.5 Å². The molecule has 0 unspecified atom stereocenters. The van der Waals surface area contributed by atoms with E-state index in [1.54, 1.807) is 4.90 Å². The van der Waals surface area contributed by atoms with Crippen LogP contribution in [0.25, 0.3) is 0 Å². The minimum Gasteiger partial charge on any atom is -0.379 e. The molecule has 2 aliphatic heterocycles. The molecule has 0 spiro atoms. The van der Waals surface area contributed by atoms with Crippen LogP contribution in [0.1, 0.15) is 24.0 Å². The monoisotopic (exact) mass is 436 g/mol. The van der Waals surface area contributed by atoms with Crippen LogP contribution >= 0.6 is 0 Å². The van der Waals surface area contributed by atoms with Gasteiger partial charge in [-0.2, -0.15) is 0 Å². The first-order valence-corrected chi connectivity index (χ1v) is 11.4. The van der Waals surface area contributed by atoms with Gasteiger partial charge >= 0.3 is 6.03 Å². The molecule has 2 N–H and O–H groups in total. The Hall–Kier alpha value is -2.90. The third-order valence-electron chi connectivity index (χ3n) is 6.17. The van der Waals surface area contributed by atoms with Gasteiger partial charge in [-0.05, 0) is 36.1 Å². The summed E-state index contributed by atoms with van der Waals surface area (Å²) >= 11 is 0. The third kappa shape index (κ3) is 6.08. The summed E-state index contributed by atoms with van der Waals surface area (Å²) in [4.78, 5) is 29.6. The SMILES string of the molecule is O=C(NCc1ccccc1CN1CCOCC1)[C@@H]1CCCN(C(=O)Nc2ccccc2)C1. The summed E-state index contributed by atoms with van der Waals surface area (Å²) < 4.78 is 5.44. The molecule has 7 nitrogen and oxygen atoms in total. The maximum atomic E-state index is 12.9. The average molecular weight is 437 g/mol. The van der Waals surface area contributed by atoms with E-state index < -0.39 is 0 Å². The first-order valence-electron chi connectivity index (χ1n) is 11.4. The van der Waals surface area contributed by atoms with Gasteiger partial charge in [0.1, 0.15) is 0 Å². The summed E-state index contributed by atoms with van der Waals surface area (Å²) in [5.74, 6) is -0.167. The van der Waals surface area contributed by atoms with Crippen LogP contribution in [0.5, 0.6) is 0 Å². The largest absolute Gasteiger partial charge is 0.379 e. The number of para-hydroxylation sites is 1. The van der Waals surface area contributed by atoms with Crippen LogP contribution in [0.15, 0.2) is 54.6 Å². The Kier molecular flexibility index (Phi) is 7.74. The van der Waals surface area contributed by atoms with Crippen molar-refractivity contribution < 1.29 is 14.3 Å². The Morgan fingerprint density at radius 2 is 1.66 bits per heavy atom. The Morgan fingerprint density at radius 1 is 0.938 bits per heavy atom. The van der Waals surface area contributed by atoms with Gasteiger partial charge in [0.25, 0.3) is 0 Å². The van der Waals surface area contributed by atoms with Crippen molar-refractivity contribution in [3.63, 3.8) is 0 Å². The molecular weight excluding hydrogens is 404 g/mol. The van der Waals surface area contributed by atoms with Crippen LogP contribution < -0.4 is 10.6 Å². The summed E-state index contributed by atoms with van der Waals surface area (Å²) in [6.07, 6.45) is 1.63. The van der Waals surface area contributed by atoms with Gasteiger partial charge < -0.3 is 20.3 Å². The number of ether oxygens (including phenoxy) is 1. The Balaban J connectivity index is 1.30. The lowest BCUT2D eigenvalue weighted by Crippen LogP contribution is -2.46. The normalized spacial score (nSPS) is 19.4. The molecule has 2 heterocycles. The third-order valence-corrected chi connectivity index (χ3v) is 6.17. The van der Waals surface area contributed by atoms with Crippen LogP contribution in [0.3, 0.4) is 0 Å². The number of carbonyl (C=O) groups excluding carboxylic acids is 2. The second kappa shape index (κ2) is 11.1. The topological polar surface area (TPSA) is 73.9 Å². The molecule has 32 heavy (non-hydrogen) atoms. The van der Waals surface area contributed by atoms with E-state index in [1.165, 1.54) is 5.56 Å². The van der Waals surface area contributed by atoms with Gasteiger partial charge in [0, 0.05) is 45.0 Å². The summed E-state index contributed by atoms with van der Waals surface area (Å²) in [6.45, 7) is 5.90. The smallest absolute Gasteiger partial charge is 0.321 e. The number of urea groups is 1. The first kappa shape index (κ1) is 22.3. The molecule has 7 heteroatoms. The molecule has 2 aliphatic rings. The van der Waals surface area contributed by atoms with Gasteiger partial charge in [0.2, 0.25) is 5.91 Å². The molecule has 0 saturated carbocycles. The Labute approximate surface area is 189 Å². The van der Waals surface area contributed by atoms with E-state index in [4.69, 9.17) is 4.74 Å². The fourth-order valence-electron chi connectivity index (χ4n) is 4.31. The standard InChI is InChI=1S/C25H32N4O3/c30-24(22-9-6-12-29(19-22)25(31)27-23-10-2-1-3-11-23)26-17-20-7-4-5-8-21(20)18-28-13-15-32-16-14-28/h1-5,7-8,10-11,22H,6,9,12-19H2,(H,26,30)(H,27,31)/t22-/m1/s1. The molecule has 0 bridgehead atoms. The predicted octanol–water partition coefficient (Wildman–Crippen LogP) is 3.08. The summed E-state index contributed by atoms with van der Waals surface area (Å²) in [5.41, 5.74) is 3.14. The molecule has 3 amide bonds. The van der Waals surface area contributed by atoms with Gasteiger partial charge in [0.15, 0.2) is 0 Å². The number of nitrogens with one attached hydrogen (secondary N) is 2. The molecule has 0 radical (unpaired) electrons. The first-order chi connectivity index (χ1) is 15.7. The Morgan fingerprint density at radius 3 is 2.44 bits per heavy atom. The van der Waals surface area contributed by atoms with Crippen molar-refractivity contribution in [3.05, 3.63) is 65.7 Å². The van der Waals surface area contributed by atoms with Crippen molar-refractivity contribution >= 4 is 17.6 Å². The van der Waals surface area contributed by atoms with Crippen LogP contribution in [-0.4, -0.2) is 61.1 Å². The van der Waals surface area contributed by atoms with Crippen molar-refractivity contribution in [2.24, 2.45) is 5.92 Å². The van der Waals surface area contributed by atoms with Crippen LogP contribution in [-0.2, 0) is 22.6 Å². The van der Waals surface area contributed by atoms with E-state index in [0.29, 0.717) is 19.6 Å². The van der Waals surface area contributed by atoms with Gasteiger partial charge in [-0.1, -0.05) is 42.5 Å². The molecule has 2 aromatic carbocycles. The minimum absolute atomic E-state index is 0.0170. The molecule has 2 fully saturated rings. The lowest BCUT2D eigenvalue weighted by molar-refractivity contribution is -0.126. The number of rotatable bonds is 6. The molecule has 170 valence electrons. The van der Waals surface area contributed by atoms with Gasteiger partial charge in [-0.3, -0.25) is 9.69 Å². The van der Waals surface area contributed by atoms with E-state index in [2.05, 4.69) is 27.7 Å². The highest BCUT2D eigenvalue weighted by Gasteiger charge is 2.28. The molecule has 2 saturated heterocycles. The molecule has 0 aliphatic carbocycles. The zero-order valence-corrected chi connectivity index (χ0v) is 18.5. The van der Waals surface area contributed by atoms with Crippen molar-refractivity contribution in [2.45, 2.75) is 25.9 Å². The second-order valence-corrected chi connectivity index (χ2v) is 8.46. The molecule has 1 atom stereocenters. The van der Waals surface area contributed by atoms with Gasteiger partial charge in [-0.15, -0.1) is 0 Å². The molecule has 4 rings (SSSR count). The summed E-state index contributed by atoms with van der Waals surface area (Å²) in [5, 5.41) is 6.03. The van der Waals surface area contributed by atoms with Gasteiger partial charge in [-0.25, -0.2) is 4.79 Å². The number of nitrogens with zero attached hydrogens (tertiary/aromatic N) is 2. The number of amides is 3. The zero-order valence-electron chi connectivity index (χ0n) is 18.5. The number of hydrogen-bond acceptors (Lipinski definition) is 4. The second-order valence-electron chi connectivity index (χ2n) is 8.46. The minimum atomic E-state index is -0.184. The number of benzene rings is 2. The highest BCUT2D eigenvalue weighted by atomic mass is 16.5. The summed E-state index contributed by atoms with van der Waals surface area (Å²) in [6, 6.07) is 17.5. The lowest BCUT2D eigenvalue weighted by atomic mass is 9.97. The van der Waals surface area contributed by atoms with Crippen molar-refractivity contribution in [1.29, 1.82) is 0 Å². The maximum absolute atomic E-state index is 12.9. The number of carbonyl (C=O) groups is 2. The fourth-order valence-corrected chi connectivity index (χ4v) is 4.31. The fraction of sp³-hybridized carbons (Fsp3) is 0.440. The predicted molar refractivity (Wildman–Crippen MR) is 124 cm³/mol. The zero-order chi connectivity index (χ0) is 22.2. The van der Waals surface area contributed by atoms with E-state index in [9.17, 15) is 9.59 Å². The Bertz CT molecular complexity index is 899. The highest BCUT2D eigenvalue weighted by Crippen LogP contribution is 2.19. The number of morpholine rings is 1. The van der Waals surface area contributed by atoms with Crippen molar-refractivity contribution in [2.75, 3.05) is 44.7 Å². The molecular formula is C25H32N4O3. The quantitative estimate of drug-likeness (QED) is 0.730. The number of likely N-dealkylation sites (tertiary alicyclic amines) is 1. The van der Waals surface area contributed by atoms with E-state index in [-0.39, 0.29) is 17.9 Å². The highest BCUT2D eigenvalue weighted by molar-refractivity contribution is 5.90. The van der Waals surface area contributed by atoms with Gasteiger partial charge in [0.05, 0.1) is 19.1 Å². The molecule has 0 aromatic heterocycles. The van der Waals surface area contributed by atoms with E-state index in [1.807, 2.05) is 42.5 Å². The maximum Gasteiger partial charge on any atom is 0.321 e. The van der Waals surface area contributed by atoms with Crippen molar-refractivity contribution in [3.8, 4) is 0 Å². The summed E-state index contributed by atoms with van der Waals surface area (Å²) in [7, 11) is 0.